The highest BCUT2D eigenvalue weighted by atomic mass is 16.6. The largest absolute Gasteiger partial charge is 0.431 e. The van der Waals surface area contributed by atoms with Gasteiger partial charge in [-0.3, -0.25) is 29.1 Å². The van der Waals surface area contributed by atoms with Crippen LogP contribution in [0.4, 0.5) is 11.4 Å². The number of hydrogen-bond donors (Lipinski definition) is 1. The molecule has 1 N–H and O–H groups in total. The fourth-order valence-electron chi connectivity index (χ4n) is 3.51. The average Bonchev–Trinajstić information content (AvgIpc) is 3.27. The van der Waals surface area contributed by atoms with Crippen molar-refractivity contribution in [3.8, 4) is 5.69 Å². The molecule has 0 aliphatic carbocycles. The molecule has 31 heavy (non-hydrogen) atoms. The summed E-state index contributed by atoms with van der Waals surface area (Å²) in [6, 6.07) is 13.4. The van der Waals surface area contributed by atoms with Crippen LogP contribution in [0.2, 0.25) is 0 Å². The quantitative estimate of drug-likeness (QED) is 0.269. The van der Waals surface area contributed by atoms with Gasteiger partial charge < -0.3 is 0 Å². The van der Waals surface area contributed by atoms with Gasteiger partial charge in [0.15, 0.2) is 0 Å². The lowest BCUT2D eigenvalue weighted by Gasteiger charge is -2.20. The van der Waals surface area contributed by atoms with Gasteiger partial charge in [-0.25, -0.2) is 9.69 Å². The number of para-hydroxylation sites is 1. The number of nitrogens with zero attached hydrogens (tertiary/aromatic N) is 4. The van der Waals surface area contributed by atoms with Crippen molar-refractivity contribution in [1.82, 2.24) is 10.2 Å². The average molecular weight is 424 g/mol. The van der Waals surface area contributed by atoms with Crippen LogP contribution in [0, 0.1) is 10.1 Å². The van der Waals surface area contributed by atoms with Crippen molar-refractivity contribution in [3.63, 3.8) is 0 Å². The fraction of sp³-hybridized carbons (Fsp3) is 0.200. The van der Waals surface area contributed by atoms with Crippen molar-refractivity contribution in [3.05, 3.63) is 80.8 Å². The maximum atomic E-state index is 13.0. The van der Waals surface area contributed by atoms with E-state index in [1.54, 1.807) is 24.1 Å². The van der Waals surface area contributed by atoms with Crippen molar-refractivity contribution in [2.75, 3.05) is 11.9 Å². The molecule has 11 heteroatoms. The van der Waals surface area contributed by atoms with Crippen LogP contribution in [0.15, 0.2) is 63.9 Å². The zero-order valence-corrected chi connectivity index (χ0v) is 16.4. The summed E-state index contributed by atoms with van der Waals surface area (Å²) in [5, 5.41) is 13.4. The molecule has 4 rings (SSSR count). The Morgan fingerprint density at radius 1 is 1.16 bits per heavy atom. The van der Waals surface area contributed by atoms with Crippen LogP contribution in [-0.2, 0) is 16.1 Å². The van der Waals surface area contributed by atoms with Crippen LogP contribution in [-0.4, -0.2) is 40.0 Å². The number of rotatable bonds is 6. The summed E-state index contributed by atoms with van der Waals surface area (Å²) in [5.74, 6) is -0.889. The molecule has 2 amide bonds. The summed E-state index contributed by atoms with van der Waals surface area (Å²) in [7, 11) is 1.64. The van der Waals surface area contributed by atoms with Crippen LogP contribution in [0.3, 0.4) is 0 Å². The van der Waals surface area contributed by atoms with E-state index in [4.69, 9.17) is 4.52 Å². The molecule has 1 aliphatic rings. The van der Waals surface area contributed by atoms with E-state index in [-0.39, 0.29) is 30.0 Å². The van der Waals surface area contributed by atoms with Gasteiger partial charge in [-0.1, -0.05) is 18.2 Å². The maximum Gasteiger partial charge on any atom is 0.431 e. The Hall–Kier alpha value is -4.12. The number of carbonyl (C=O) groups is 2. The number of amides is 2. The first-order valence-electron chi connectivity index (χ1n) is 9.36. The number of aromatic nitrogens is 2. The van der Waals surface area contributed by atoms with Crippen molar-refractivity contribution in [1.29, 1.82) is 0 Å². The number of imide groups is 1. The summed E-state index contributed by atoms with van der Waals surface area (Å²) in [5.41, 5.74) is 0.485. The minimum atomic E-state index is -0.791. The molecule has 158 valence electrons. The molecular weight excluding hydrogens is 406 g/mol. The van der Waals surface area contributed by atoms with Crippen LogP contribution in [0.5, 0.6) is 0 Å². The summed E-state index contributed by atoms with van der Waals surface area (Å²) in [6.45, 7) is 0.0541. The number of hydrogen-bond acceptors (Lipinski definition) is 7. The SMILES string of the molecule is CN(Cc1c(=O)o[nH][n+]1-c1ccccc1)C1CC(=O)N(c2ccc([N+](=O)[O-])cc2)C1=O. The second kappa shape index (κ2) is 7.95. The Balaban J connectivity index is 1.56. The summed E-state index contributed by atoms with van der Waals surface area (Å²) in [6.07, 6.45) is -0.0760. The molecule has 11 nitrogen and oxygen atoms in total. The van der Waals surface area contributed by atoms with Crippen molar-refractivity contribution in [2.45, 2.75) is 19.0 Å². The zero-order chi connectivity index (χ0) is 22.1. The van der Waals surface area contributed by atoms with Crippen molar-refractivity contribution in [2.24, 2.45) is 0 Å². The molecule has 0 spiro atoms. The predicted octanol–water partition coefficient (Wildman–Crippen LogP) is 0.917. The first-order chi connectivity index (χ1) is 14.9. The zero-order valence-electron chi connectivity index (χ0n) is 16.4. The van der Waals surface area contributed by atoms with E-state index in [9.17, 15) is 24.5 Å². The number of non-ortho nitro benzene ring substituents is 1. The minimum absolute atomic E-state index is 0.0541. The summed E-state index contributed by atoms with van der Waals surface area (Å²) < 4.78 is 6.40. The van der Waals surface area contributed by atoms with E-state index in [0.717, 1.165) is 4.90 Å². The number of nitro benzene ring substituents is 1. The highest BCUT2D eigenvalue weighted by molar-refractivity contribution is 6.22. The standard InChI is InChI=1S/C20H17N5O6/c1-22(12-17-20(28)31-21-24(17)14-5-3-2-4-6-14)16-11-18(26)23(19(16)27)13-7-9-15(10-8-13)25(29)30/h2-10,16H,11-12H2,1H3/p+1. The fourth-order valence-corrected chi connectivity index (χ4v) is 3.51. The molecule has 1 saturated heterocycles. The Labute approximate surface area is 175 Å². The number of benzene rings is 2. The first kappa shape index (κ1) is 20.2. The molecule has 1 unspecified atom stereocenters. The van der Waals surface area contributed by atoms with Crippen LogP contribution in [0.1, 0.15) is 12.1 Å². The number of likely N-dealkylation sites (N-methyl/N-ethyl adjacent to an activating group) is 1. The van der Waals surface area contributed by atoms with Crippen LogP contribution in [0.25, 0.3) is 5.69 Å². The van der Waals surface area contributed by atoms with Gasteiger partial charge in [0.2, 0.25) is 11.6 Å². The Kier molecular flexibility index (Phi) is 5.17. The maximum absolute atomic E-state index is 13.0. The lowest BCUT2D eigenvalue weighted by molar-refractivity contribution is -0.678. The van der Waals surface area contributed by atoms with Gasteiger partial charge in [-0.05, 0) is 29.1 Å². The molecule has 0 saturated carbocycles. The summed E-state index contributed by atoms with van der Waals surface area (Å²) >= 11 is 0. The molecule has 2 aromatic carbocycles. The predicted molar refractivity (Wildman–Crippen MR) is 106 cm³/mol. The van der Waals surface area contributed by atoms with Gasteiger partial charge in [-0.15, -0.1) is 0 Å². The molecular formula is C20H18N5O6+. The number of nitrogens with one attached hydrogen (secondary N) is 1. The van der Waals surface area contributed by atoms with E-state index < -0.39 is 28.4 Å². The number of aromatic amines is 1. The lowest BCUT2D eigenvalue weighted by Crippen LogP contribution is -2.45. The van der Waals surface area contributed by atoms with Gasteiger partial charge in [0.25, 0.3) is 11.6 Å². The molecule has 1 aliphatic heterocycles. The Morgan fingerprint density at radius 3 is 2.48 bits per heavy atom. The monoisotopic (exact) mass is 424 g/mol. The molecule has 1 fully saturated rings. The normalized spacial score (nSPS) is 16.3. The second-order valence-corrected chi connectivity index (χ2v) is 7.07. The third-order valence-corrected chi connectivity index (χ3v) is 5.12. The Bertz CT molecular complexity index is 1200. The molecule has 1 aromatic heterocycles. The minimum Gasteiger partial charge on any atom is -0.284 e. The van der Waals surface area contributed by atoms with E-state index in [0.29, 0.717) is 5.69 Å². The van der Waals surface area contributed by atoms with E-state index in [1.165, 1.54) is 28.9 Å². The second-order valence-electron chi connectivity index (χ2n) is 7.07. The van der Waals surface area contributed by atoms with Gasteiger partial charge in [-0.2, -0.15) is 0 Å². The van der Waals surface area contributed by atoms with Crippen LogP contribution >= 0.6 is 0 Å². The summed E-state index contributed by atoms with van der Waals surface area (Å²) in [4.78, 5) is 50.6. The molecule has 0 radical (unpaired) electrons. The van der Waals surface area contributed by atoms with Gasteiger partial charge in [0.05, 0.1) is 29.6 Å². The molecule has 3 aromatic rings. The topological polar surface area (TPSA) is 134 Å². The highest BCUT2D eigenvalue weighted by Crippen LogP contribution is 2.27. The van der Waals surface area contributed by atoms with Gasteiger partial charge >= 0.3 is 11.3 Å². The third-order valence-electron chi connectivity index (χ3n) is 5.12. The molecule has 2 heterocycles. The number of nitro groups is 1. The lowest BCUT2D eigenvalue weighted by atomic mass is 10.2. The van der Waals surface area contributed by atoms with Crippen LogP contribution < -0.4 is 15.2 Å². The molecule has 0 bridgehead atoms. The number of carbonyl (C=O) groups excluding carboxylic acids is 2. The number of H-pyrrole nitrogens is 1. The number of anilines is 1. The van der Waals surface area contributed by atoms with E-state index in [1.807, 2.05) is 18.2 Å². The van der Waals surface area contributed by atoms with E-state index >= 15 is 0 Å². The smallest absolute Gasteiger partial charge is 0.284 e. The first-order valence-corrected chi connectivity index (χ1v) is 9.36. The third kappa shape index (κ3) is 3.73. The highest BCUT2D eigenvalue weighted by Gasteiger charge is 2.43. The van der Waals surface area contributed by atoms with Crippen molar-refractivity contribution < 1.29 is 23.7 Å². The van der Waals surface area contributed by atoms with Crippen molar-refractivity contribution >= 4 is 23.2 Å². The van der Waals surface area contributed by atoms with E-state index in [2.05, 4.69) is 5.27 Å². The molecule has 1 atom stereocenters. The Morgan fingerprint density at radius 2 is 1.84 bits per heavy atom. The van der Waals surface area contributed by atoms with Gasteiger partial charge in [0, 0.05) is 24.3 Å². The van der Waals surface area contributed by atoms with Gasteiger partial charge in [0.1, 0.15) is 0 Å².